The van der Waals surface area contributed by atoms with Crippen molar-refractivity contribution in [1.82, 2.24) is 5.32 Å². The van der Waals surface area contributed by atoms with Gasteiger partial charge in [-0.15, -0.1) is 0 Å². The average molecular weight is 379 g/mol. The van der Waals surface area contributed by atoms with Gasteiger partial charge in [-0.25, -0.2) is 0 Å². The fourth-order valence-corrected chi connectivity index (χ4v) is 3.24. The monoisotopic (exact) mass is 379 g/mol. The molecule has 8 nitrogen and oxygen atoms in total. The first kappa shape index (κ1) is 19.8. The lowest BCUT2D eigenvalue weighted by Crippen LogP contribution is -2.69. The summed E-state index contributed by atoms with van der Waals surface area (Å²) in [7, 11) is 0. The smallest absolute Gasteiger partial charge is 0.223 e. The maximum absolute atomic E-state index is 11.6. The molecule has 0 bridgehead atoms. The normalized spacial score (nSPS) is 32.3. The maximum atomic E-state index is 11.6. The number of aliphatic hydroxyl groups excluding tert-OH is 1. The molecule has 0 aromatic heterocycles. The summed E-state index contributed by atoms with van der Waals surface area (Å²) in [5.74, 6) is -0.788. The Bertz CT molecular complexity index is 703. The predicted octanol–water partition coefficient (Wildman–Crippen LogP) is 1.01. The Morgan fingerprint density at radius 3 is 2.48 bits per heavy atom. The Balaban J connectivity index is 1.79. The van der Waals surface area contributed by atoms with Crippen LogP contribution in [0, 0.1) is 0 Å². The number of hydrogen-bond acceptors (Lipinski definition) is 7. The second-order valence-corrected chi connectivity index (χ2v) is 7.25. The summed E-state index contributed by atoms with van der Waals surface area (Å²) >= 11 is 0. The first-order valence-electron chi connectivity index (χ1n) is 8.86. The average Bonchev–Trinajstić information content (AvgIpc) is 2.59. The van der Waals surface area contributed by atoms with Crippen molar-refractivity contribution in [3.63, 3.8) is 0 Å². The number of aliphatic hydroxyl groups is 1. The molecule has 2 fully saturated rings. The van der Waals surface area contributed by atoms with Crippen LogP contribution < -0.4 is 10.1 Å². The molecule has 0 saturated carbocycles. The molecule has 2 aliphatic heterocycles. The highest BCUT2D eigenvalue weighted by Crippen LogP contribution is 2.33. The molecular weight excluding hydrogens is 354 g/mol. The Morgan fingerprint density at radius 2 is 1.89 bits per heavy atom. The number of ether oxygens (including phenoxy) is 4. The lowest BCUT2D eigenvalue weighted by Gasteiger charge is -2.49. The second-order valence-electron chi connectivity index (χ2n) is 7.25. The maximum Gasteiger partial charge on any atom is 0.223 e. The highest BCUT2D eigenvalue weighted by molar-refractivity contribution is 5.94. The number of nitrogens with one attached hydrogen (secondary N) is 1. The molecule has 3 rings (SSSR count). The number of amides is 1. The standard InChI is InChI=1S/C19H25NO7/c1-10(21)12-5-7-13(8-6-12)25-18-15(20-11(2)22)16(23)17-14(26-18)9-24-19(3,4)27-17/h5-8,14-18,23H,9H2,1-4H3,(H,20,22)/t14-,15+,16-,17-,18-/m1/s1. The Labute approximate surface area is 157 Å². The SMILES string of the molecule is CC(=O)N[C@@H]1[C@H](Oc2ccc(C(C)=O)cc2)O[C@@H]2COC(C)(C)O[C@H]2[C@@H]1O. The molecule has 5 atom stereocenters. The first-order valence-corrected chi connectivity index (χ1v) is 8.86. The van der Waals surface area contributed by atoms with Gasteiger partial charge in [0.15, 0.2) is 11.6 Å². The second kappa shape index (κ2) is 7.55. The summed E-state index contributed by atoms with van der Waals surface area (Å²) in [5.41, 5.74) is 0.557. The Kier molecular flexibility index (Phi) is 5.53. The van der Waals surface area contributed by atoms with Gasteiger partial charge < -0.3 is 29.4 Å². The van der Waals surface area contributed by atoms with Crippen molar-refractivity contribution in [2.45, 2.75) is 64.1 Å². The van der Waals surface area contributed by atoms with Crippen LogP contribution in [0.1, 0.15) is 38.1 Å². The zero-order valence-electron chi connectivity index (χ0n) is 15.8. The van der Waals surface area contributed by atoms with E-state index in [0.29, 0.717) is 11.3 Å². The van der Waals surface area contributed by atoms with Crippen LogP contribution in [0.2, 0.25) is 0 Å². The number of hydrogen-bond donors (Lipinski definition) is 2. The molecule has 27 heavy (non-hydrogen) atoms. The summed E-state index contributed by atoms with van der Waals surface area (Å²) in [6.45, 7) is 6.57. The number of benzene rings is 1. The van der Waals surface area contributed by atoms with Gasteiger partial charge in [0.05, 0.1) is 6.61 Å². The van der Waals surface area contributed by atoms with Crippen molar-refractivity contribution in [2.75, 3.05) is 6.61 Å². The van der Waals surface area contributed by atoms with E-state index in [-0.39, 0.29) is 18.3 Å². The van der Waals surface area contributed by atoms with Crippen molar-refractivity contribution in [3.8, 4) is 5.75 Å². The van der Waals surface area contributed by atoms with Gasteiger partial charge in [0, 0.05) is 12.5 Å². The lowest BCUT2D eigenvalue weighted by atomic mass is 9.95. The van der Waals surface area contributed by atoms with Gasteiger partial charge in [-0.1, -0.05) is 0 Å². The molecule has 1 aromatic rings. The van der Waals surface area contributed by atoms with Crippen molar-refractivity contribution in [2.24, 2.45) is 0 Å². The third-order valence-electron chi connectivity index (χ3n) is 4.57. The molecule has 0 radical (unpaired) electrons. The lowest BCUT2D eigenvalue weighted by molar-refractivity contribution is -0.361. The van der Waals surface area contributed by atoms with E-state index in [0.717, 1.165) is 0 Å². The summed E-state index contributed by atoms with van der Waals surface area (Å²) in [6, 6.07) is 5.73. The Hall–Kier alpha value is -2.00. The minimum absolute atomic E-state index is 0.0519. The molecule has 1 aromatic carbocycles. The summed E-state index contributed by atoms with van der Waals surface area (Å²) in [6.07, 6.45) is -3.19. The van der Waals surface area contributed by atoms with Gasteiger partial charge in [0.1, 0.15) is 30.1 Å². The van der Waals surface area contributed by atoms with E-state index in [4.69, 9.17) is 18.9 Å². The molecule has 2 saturated heterocycles. The van der Waals surface area contributed by atoms with Gasteiger partial charge in [0.2, 0.25) is 12.2 Å². The zero-order chi connectivity index (χ0) is 19.8. The van der Waals surface area contributed by atoms with Crippen molar-refractivity contribution >= 4 is 11.7 Å². The molecule has 0 unspecified atom stereocenters. The largest absolute Gasteiger partial charge is 0.463 e. The topological polar surface area (TPSA) is 103 Å². The van der Waals surface area contributed by atoms with Crippen LogP contribution in [0.15, 0.2) is 24.3 Å². The summed E-state index contributed by atoms with van der Waals surface area (Å²) < 4.78 is 23.2. The highest BCUT2D eigenvalue weighted by atomic mass is 16.8. The fourth-order valence-electron chi connectivity index (χ4n) is 3.24. The number of carbonyl (C=O) groups excluding carboxylic acids is 2. The minimum atomic E-state index is -1.04. The van der Waals surface area contributed by atoms with Gasteiger partial charge in [0.25, 0.3) is 0 Å². The Morgan fingerprint density at radius 1 is 1.22 bits per heavy atom. The zero-order valence-corrected chi connectivity index (χ0v) is 15.8. The van der Waals surface area contributed by atoms with Crippen molar-refractivity contribution in [1.29, 1.82) is 0 Å². The number of carbonyl (C=O) groups is 2. The molecule has 0 aliphatic carbocycles. The van der Waals surface area contributed by atoms with E-state index in [9.17, 15) is 14.7 Å². The van der Waals surface area contributed by atoms with Crippen LogP contribution in [0.25, 0.3) is 0 Å². The molecule has 8 heteroatoms. The number of rotatable bonds is 4. The van der Waals surface area contributed by atoms with Crippen molar-refractivity contribution in [3.05, 3.63) is 29.8 Å². The van der Waals surface area contributed by atoms with E-state index in [1.54, 1.807) is 38.1 Å². The van der Waals surface area contributed by atoms with Gasteiger partial charge in [-0.05, 0) is 45.0 Å². The fraction of sp³-hybridized carbons (Fsp3) is 0.579. The van der Waals surface area contributed by atoms with Crippen molar-refractivity contribution < 1.29 is 33.6 Å². The molecular formula is C19H25NO7. The molecule has 148 valence electrons. The van der Waals surface area contributed by atoms with Crippen LogP contribution in [-0.2, 0) is 19.0 Å². The van der Waals surface area contributed by atoms with Gasteiger partial charge in [-0.3, -0.25) is 9.59 Å². The van der Waals surface area contributed by atoms with Crippen LogP contribution in [-0.4, -0.2) is 59.8 Å². The van der Waals surface area contributed by atoms with E-state index in [1.807, 2.05) is 0 Å². The summed E-state index contributed by atoms with van der Waals surface area (Å²) in [4.78, 5) is 23.0. The quantitative estimate of drug-likeness (QED) is 0.753. The number of fused-ring (bicyclic) bond motifs is 1. The van der Waals surface area contributed by atoms with Crippen LogP contribution in [0.4, 0.5) is 0 Å². The van der Waals surface area contributed by atoms with E-state index < -0.39 is 36.4 Å². The molecule has 2 heterocycles. The molecule has 0 spiro atoms. The van der Waals surface area contributed by atoms with E-state index in [2.05, 4.69) is 5.32 Å². The highest BCUT2D eigenvalue weighted by Gasteiger charge is 2.52. The molecule has 2 aliphatic rings. The number of ketones is 1. The van der Waals surface area contributed by atoms with Crippen LogP contribution in [0.3, 0.4) is 0 Å². The van der Waals surface area contributed by atoms with Crippen LogP contribution in [0.5, 0.6) is 5.75 Å². The van der Waals surface area contributed by atoms with E-state index >= 15 is 0 Å². The first-order chi connectivity index (χ1) is 12.7. The van der Waals surface area contributed by atoms with E-state index in [1.165, 1.54) is 13.8 Å². The number of Topliss-reactive ketones (excluding diaryl/α,β-unsaturated/α-hetero) is 1. The third-order valence-corrected chi connectivity index (χ3v) is 4.57. The van der Waals surface area contributed by atoms with Crippen LogP contribution >= 0.6 is 0 Å². The summed E-state index contributed by atoms with van der Waals surface area (Å²) in [5, 5.41) is 13.5. The predicted molar refractivity (Wildman–Crippen MR) is 94.3 cm³/mol. The molecule has 1 amide bonds. The van der Waals surface area contributed by atoms with Gasteiger partial charge in [-0.2, -0.15) is 0 Å². The molecule has 2 N–H and O–H groups in total. The third kappa shape index (κ3) is 4.47. The minimum Gasteiger partial charge on any atom is -0.463 e. The van der Waals surface area contributed by atoms with Gasteiger partial charge >= 0.3 is 0 Å².